The van der Waals surface area contributed by atoms with Gasteiger partial charge in [0.15, 0.2) is 11.6 Å². The third kappa shape index (κ3) is 2.98. The summed E-state index contributed by atoms with van der Waals surface area (Å²) in [6.45, 7) is 1.88. The second kappa shape index (κ2) is 5.88. The van der Waals surface area contributed by atoms with E-state index in [2.05, 4.69) is 9.97 Å². The molecule has 0 saturated heterocycles. The molecule has 2 heterocycles. The number of carbonyl (C=O) groups is 1. The molecule has 0 aliphatic rings. The number of nitrogens with zero attached hydrogens (tertiary/aromatic N) is 2. The van der Waals surface area contributed by atoms with Gasteiger partial charge in [-0.2, -0.15) is 0 Å². The largest absolute Gasteiger partial charge is 0.483 e. The molecule has 0 saturated carbocycles. The van der Waals surface area contributed by atoms with Crippen molar-refractivity contribution in [1.29, 1.82) is 0 Å². The molecule has 0 aliphatic carbocycles. The fourth-order valence-corrected chi connectivity index (χ4v) is 2.84. The molecule has 2 N–H and O–H groups in total. The Morgan fingerprint density at radius 2 is 2.17 bits per heavy atom. The zero-order valence-electron chi connectivity index (χ0n) is 12.0. The molecule has 1 amide bonds. The van der Waals surface area contributed by atoms with Crippen molar-refractivity contribution in [3.63, 3.8) is 0 Å². The Labute approximate surface area is 133 Å². The van der Waals surface area contributed by atoms with Crippen LogP contribution in [-0.2, 0) is 6.61 Å². The van der Waals surface area contributed by atoms with E-state index in [9.17, 15) is 13.6 Å². The van der Waals surface area contributed by atoms with Crippen LogP contribution < -0.4 is 10.5 Å². The number of nitrogens with two attached hydrogens (primary N) is 1. The summed E-state index contributed by atoms with van der Waals surface area (Å²) in [5.41, 5.74) is 5.85. The molecule has 8 heteroatoms. The van der Waals surface area contributed by atoms with Gasteiger partial charge in [-0.3, -0.25) is 4.79 Å². The van der Waals surface area contributed by atoms with Crippen LogP contribution in [0.4, 0.5) is 8.78 Å². The maximum absolute atomic E-state index is 14.0. The molecule has 0 radical (unpaired) electrons. The van der Waals surface area contributed by atoms with Gasteiger partial charge < -0.3 is 10.5 Å². The molecule has 0 fully saturated rings. The van der Waals surface area contributed by atoms with Gasteiger partial charge in [-0.05, 0) is 30.7 Å². The molecule has 0 spiro atoms. The highest BCUT2D eigenvalue weighted by atomic mass is 32.1. The molecule has 3 aromatic rings. The van der Waals surface area contributed by atoms with Crippen LogP contribution in [0, 0.1) is 18.6 Å². The molecule has 5 nitrogen and oxygen atoms in total. The number of halogens is 2. The van der Waals surface area contributed by atoms with Crippen molar-refractivity contribution in [3.05, 3.63) is 52.2 Å². The van der Waals surface area contributed by atoms with Crippen LogP contribution in [0.5, 0.6) is 5.75 Å². The summed E-state index contributed by atoms with van der Waals surface area (Å²) in [7, 11) is 0. The molecule has 0 bridgehead atoms. The third-order valence-electron chi connectivity index (χ3n) is 3.08. The minimum Gasteiger partial charge on any atom is -0.483 e. The van der Waals surface area contributed by atoms with Crippen molar-refractivity contribution in [2.24, 2.45) is 5.73 Å². The van der Waals surface area contributed by atoms with Crippen LogP contribution in [0.3, 0.4) is 0 Å². The Bertz CT molecular complexity index is 911. The zero-order chi connectivity index (χ0) is 16.6. The topological polar surface area (TPSA) is 78.1 Å². The molecule has 3 rings (SSSR count). The number of aryl methyl sites for hydroxylation is 1. The van der Waals surface area contributed by atoms with Gasteiger partial charge in [-0.1, -0.05) is 11.3 Å². The van der Waals surface area contributed by atoms with Crippen LogP contribution in [0.2, 0.25) is 0 Å². The van der Waals surface area contributed by atoms with E-state index in [1.165, 1.54) is 11.3 Å². The number of ether oxygens (including phenoxy) is 1. The van der Waals surface area contributed by atoms with Crippen LogP contribution in [0.15, 0.2) is 24.4 Å². The van der Waals surface area contributed by atoms with Gasteiger partial charge >= 0.3 is 0 Å². The van der Waals surface area contributed by atoms with Crippen LogP contribution in [0.25, 0.3) is 10.3 Å². The normalized spacial score (nSPS) is 10.9. The SMILES string of the molecule is Cc1cnc2sc(COc3ccc(F)c(C(N)=O)c3F)nc2c1. The Morgan fingerprint density at radius 3 is 2.91 bits per heavy atom. The summed E-state index contributed by atoms with van der Waals surface area (Å²) in [4.78, 5) is 20.4. The first-order valence-electron chi connectivity index (χ1n) is 6.58. The fourth-order valence-electron chi connectivity index (χ4n) is 2.04. The Balaban J connectivity index is 1.85. The lowest BCUT2D eigenvalue weighted by atomic mass is 10.2. The molecule has 0 atom stereocenters. The highest BCUT2D eigenvalue weighted by Gasteiger charge is 2.19. The Hall–Kier alpha value is -2.61. The van der Waals surface area contributed by atoms with E-state index in [4.69, 9.17) is 10.5 Å². The number of amides is 1. The maximum Gasteiger partial charge on any atom is 0.254 e. The summed E-state index contributed by atoms with van der Waals surface area (Å²) in [5, 5.41) is 0.586. The summed E-state index contributed by atoms with van der Waals surface area (Å²) < 4.78 is 32.8. The quantitative estimate of drug-likeness (QED) is 0.795. The number of primary amides is 1. The number of hydrogen-bond acceptors (Lipinski definition) is 5. The second-order valence-electron chi connectivity index (χ2n) is 4.83. The van der Waals surface area contributed by atoms with Gasteiger partial charge in [0.2, 0.25) is 0 Å². The lowest BCUT2D eigenvalue weighted by Gasteiger charge is -2.08. The van der Waals surface area contributed by atoms with Gasteiger partial charge in [0.25, 0.3) is 5.91 Å². The Kier molecular flexibility index (Phi) is 3.91. The molecular formula is C15H11F2N3O2S. The van der Waals surface area contributed by atoms with Gasteiger partial charge in [-0.25, -0.2) is 18.7 Å². The van der Waals surface area contributed by atoms with Crippen LogP contribution in [-0.4, -0.2) is 15.9 Å². The third-order valence-corrected chi connectivity index (χ3v) is 4.03. The number of rotatable bonds is 4. The summed E-state index contributed by atoms with van der Waals surface area (Å²) in [5.74, 6) is -3.59. The van der Waals surface area contributed by atoms with Crippen molar-refractivity contribution < 1.29 is 18.3 Å². The van der Waals surface area contributed by atoms with Gasteiger partial charge in [-0.15, -0.1) is 0 Å². The van der Waals surface area contributed by atoms with Gasteiger partial charge in [0.05, 0.1) is 0 Å². The average Bonchev–Trinajstić information content (AvgIpc) is 2.88. The van der Waals surface area contributed by atoms with E-state index in [-0.39, 0.29) is 12.4 Å². The van der Waals surface area contributed by atoms with Crippen molar-refractivity contribution >= 4 is 27.6 Å². The van der Waals surface area contributed by atoms with E-state index >= 15 is 0 Å². The number of carbonyl (C=O) groups excluding carboxylic acids is 1. The maximum atomic E-state index is 14.0. The van der Waals surface area contributed by atoms with E-state index in [1.54, 1.807) is 6.20 Å². The average molecular weight is 335 g/mol. The molecule has 0 unspecified atom stereocenters. The number of aromatic nitrogens is 2. The fraction of sp³-hybridized carbons (Fsp3) is 0.133. The predicted octanol–water partition coefficient (Wildman–Crippen LogP) is 2.96. The molecule has 23 heavy (non-hydrogen) atoms. The first kappa shape index (κ1) is 15.3. The van der Waals surface area contributed by atoms with Crippen molar-refractivity contribution in [3.8, 4) is 5.75 Å². The van der Waals surface area contributed by atoms with Crippen LogP contribution in [0.1, 0.15) is 20.9 Å². The number of fused-ring (bicyclic) bond motifs is 1. The predicted molar refractivity (Wildman–Crippen MR) is 81.4 cm³/mol. The first-order chi connectivity index (χ1) is 11.0. The Morgan fingerprint density at radius 1 is 1.39 bits per heavy atom. The standard InChI is InChI=1S/C15H11F2N3O2S/c1-7-4-9-15(19-5-7)23-11(20-9)6-22-10-3-2-8(16)12(13(10)17)14(18)21/h2-5H,6H2,1H3,(H2,18,21). The molecule has 1 aromatic carbocycles. The minimum absolute atomic E-state index is 0.0270. The van der Waals surface area contributed by atoms with Crippen molar-refractivity contribution in [2.45, 2.75) is 13.5 Å². The summed E-state index contributed by atoms with van der Waals surface area (Å²) in [6.07, 6.45) is 1.73. The summed E-state index contributed by atoms with van der Waals surface area (Å²) >= 11 is 1.31. The monoisotopic (exact) mass is 335 g/mol. The highest BCUT2D eigenvalue weighted by molar-refractivity contribution is 7.18. The van der Waals surface area contributed by atoms with Crippen LogP contribution >= 0.6 is 11.3 Å². The molecule has 118 valence electrons. The molecule has 0 aliphatic heterocycles. The number of thiazole rings is 1. The first-order valence-corrected chi connectivity index (χ1v) is 7.40. The van der Waals surface area contributed by atoms with Crippen molar-refractivity contribution in [1.82, 2.24) is 9.97 Å². The van der Waals surface area contributed by atoms with Gasteiger partial charge in [0.1, 0.15) is 33.3 Å². The summed E-state index contributed by atoms with van der Waals surface area (Å²) in [6, 6.07) is 3.92. The van der Waals surface area contributed by atoms with E-state index in [1.807, 2.05) is 13.0 Å². The smallest absolute Gasteiger partial charge is 0.254 e. The number of hydrogen-bond donors (Lipinski definition) is 1. The van der Waals surface area contributed by atoms with E-state index < -0.39 is 23.1 Å². The van der Waals surface area contributed by atoms with Gasteiger partial charge in [0, 0.05) is 6.20 Å². The van der Waals surface area contributed by atoms with Crippen molar-refractivity contribution in [2.75, 3.05) is 0 Å². The number of benzene rings is 1. The number of pyridine rings is 1. The highest BCUT2D eigenvalue weighted by Crippen LogP contribution is 2.26. The van der Waals surface area contributed by atoms with E-state index in [0.29, 0.717) is 5.01 Å². The lowest BCUT2D eigenvalue weighted by Crippen LogP contribution is -2.16. The minimum atomic E-state index is -1.19. The molecule has 2 aromatic heterocycles. The lowest BCUT2D eigenvalue weighted by molar-refractivity contribution is 0.0991. The van der Waals surface area contributed by atoms with E-state index in [0.717, 1.165) is 28.0 Å². The second-order valence-corrected chi connectivity index (χ2v) is 5.89. The zero-order valence-corrected chi connectivity index (χ0v) is 12.8. The molecular weight excluding hydrogens is 324 g/mol.